The molecule has 0 atom stereocenters. The SMILES string of the molecule is CCCCCOc1ccc(C(C)(C)C)cc1.CCCO. The van der Waals surface area contributed by atoms with Gasteiger partial charge in [0.05, 0.1) is 6.61 Å². The second kappa shape index (κ2) is 10.7. The maximum absolute atomic E-state index is 7.88. The molecule has 0 heterocycles. The van der Waals surface area contributed by atoms with Crippen molar-refractivity contribution in [2.24, 2.45) is 0 Å². The van der Waals surface area contributed by atoms with Gasteiger partial charge in [-0.25, -0.2) is 0 Å². The molecule has 2 heteroatoms. The lowest BCUT2D eigenvalue weighted by atomic mass is 9.87. The van der Waals surface area contributed by atoms with Crippen LogP contribution in [0.2, 0.25) is 0 Å². The highest BCUT2D eigenvalue weighted by molar-refractivity contribution is 5.31. The van der Waals surface area contributed by atoms with Crippen LogP contribution in [-0.2, 0) is 5.41 Å². The number of benzene rings is 1. The zero-order chi connectivity index (χ0) is 15.4. The van der Waals surface area contributed by atoms with E-state index in [9.17, 15) is 0 Å². The topological polar surface area (TPSA) is 29.5 Å². The van der Waals surface area contributed by atoms with Crippen LogP contribution in [0.25, 0.3) is 0 Å². The first-order valence-electron chi connectivity index (χ1n) is 7.79. The average Bonchev–Trinajstić information content (AvgIpc) is 2.43. The fourth-order valence-electron chi connectivity index (χ4n) is 1.59. The molecule has 1 N–H and O–H groups in total. The van der Waals surface area contributed by atoms with E-state index >= 15 is 0 Å². The molecule has 0 aliphatic heterocycles. The Balaban J connectivity index is 0.000000796. The Bertz CT molecular complexity index is 320. The number of rotatable bonds is 6. The molecule has 0 aliphatic rings. The molecule has 0 radical (unpaired) electrons. The maximum Gasteiger partial charge on any atom is 0.119 e. The highest BCUT2D eigenvalue weighted by Crippen LogP contribution is 2.24. The van der Waals surface area contributed by atoms with Crippen LogP contribution in [0.5, 0.6) is 5.75 Å². The molecule has 2 nitrogen and oxygen atoms in total. The van der Waals surface area contributed by atoms with Gasteiger partial charge in [-0.15, -0.1) is 0 Å². The van der Waals surface area contributed by atoms with Gasteiger partial charge in [-0.2, -0.15) is 0 Å². The molecule has 0 saturated carbocycles. The standard InChI is InChI=1S/C15H24O.C3H8O/c1-5-6-7-12-16-14-10-8-13(9-11-14)15(2,3)4;1-2-3-4/h8-11H,5-7,12H2,1-4H3;4H,2-3H2,1H3. The summed E-state index contributed by atoms with van der Waals surface area (Å²) in [6.07, 6.45) is 4.52. The van der Waals surface area contributed by atoms with Gasteiger partial charge >= 0.3 is 0 Å². The molecule has 0 bridgehead atoms. The van der Waals surface area contributed by atoms with Crippen molar-refractivity contribution in [3.63, 3.8) is 0 Å². The largest absolute Gasteiger partial charge is 0.494 e. The van der Waals surface area contributed by atoms with Gasteiger partial charge in [-0.3, -0.25) is 0 Å². The molecule has 0 aromatic heterocycles. The first-order valence-corrected chi connectivity index (χ1v) is 7.79. The maximum atomic E-state index is 7.88. The summed E-state index contributed by atoms with van der Waals surface area (Å²) in [5.41, 5.74) is 1.58. The summed E-state index contributed by atoms with van der Waals surface area (Å²) >= 11 is 0. The third-order valence-electron chi connectivity index (χ3n) is 2.96. The number of hydrogen-bond acceptors (Lipinski definition) is 2. The molecule has 0 fully saturated rings. The molecule has 0 saturated heterocycles. The smallest absolute Gasteiger partial charge is 0.119 e. The van der Waals surface area contributed by atoms with E-state index in [2.05, 4.69) is 52.0 Å². The van der Waals surface area contributed by atoms with Crippen molar-refractivity contribution in [3.05, 3.63) is 29.8 Å². The minimum absolute atomic E-state index is 0.223. The molecule has 20 heavy (non-hydrogen) atoms. The van der Waals surface area contributed by atoms with Crippen molar-refractivity contribution in [1.29, 1.82) is 0 Å². The molecule has 1 rings (SSSR count). The Morgan fingerprint density at radius 1 is 0.950 bits per heavy atom. The van der Waals surface area contributed by atoms with Crippen molar-refractivity contribution in [2.45, 2.75) is 65.7 Å². The van der Waals surface area contributed by atoms with E-state index in [-0.39, 0.29) is 5.41 Å². The van der Waals surface area contributed by atoms with Crippen molar-refractivity contribution in [1.82, 2.24) is 0 Å². The van der Waals surface area contributed by atoms with Crippen LogP contribution in [-0.4, -0.2) is 18.3 Å². The van der Waals surface area contributed by atoms with Crippen LogP contribution < -0.4 is 4.74 Å². The molecule has 0 spiro atoms. The van der Waals surface area contributed by atoms with Crippen LogP contribution in [0.15, 0.2) is 24.3 Å². The Morgan fingerprint density at radius 2 is 1.50 bits per heavy atom. The summed E-state index contributed by atoms with van der Waals surface area (Å²) in [4.78, 5) is 0. The minimum atomic E-state index is 0.223. The Kier molecular flexibility index (Phi) is 10.2. The van der Waals surface area contributed by atoms with Crippen molar-refractivity contribution >= 4 is 0 Å². The van der Waals surface area contributed by atoms with Gasteiger partial charge in [0, 0.05) is 6.61 Å². The van der Waals surface area contributed by atoms with Gasteiger partial charge in [0.25, 0.3) is 0 Å². The van der Waals surface area contributed by atoms with Crippen molar-refractivity contribution in [2.75, 3.05) is 13.2 Å². The Morgan fingerprint density at radius 3 is 1.90 bits per heavy atom. The van der Waals surface area contributed by atoms with Crippen LogP contribution >= 0.6 is 0 Å². The van der Waals surface area contributed by atoms with Crippen LogP contribution in [0, 0.1) is 0 Å². The number of aliphatic hydroxyl groups excluding tert-OH is 1. The molecule has 0 amide bonds. The molecule has 116 valence electrons. The van der Waals surface area contributed by atoms with E-state index in [0.717, 1.165) is 25.2 Å². The Hall–Kier alpha value is -1.02. The lowest BCUT2D eigenvalue weighted by molar-refractivity contribution is 0.295. The summed E-state index contributed by atoms with van der Waals surface area (Å²) in [5, 5.41) is 7.88. The molecule has 1 aromatic carbocycles. The zero-order valence-electron chi connectivity index (χ0n) is 13.9. The fourth-order valence-corrected chi connectivity index (χ4v) is 1.59. The van der Waals surface area contributed by atoms with Gasteiger partial charge in [-0.05, 0) is 36.0 Å². The quantitative estimate of drug-likeness (QED) is 0.748. The van der Waals surface area contributed by atoms with E-state index in [0.29, 0.717) is 6.61 Å². The number of aliphatic hydroxyl groups is 1. The van der Waals surface area contributed by atoms with Crippen LogP contribution in [0.3, 0.4) is 0 Å². The normalized spacial score (nSPS) is 10.7. The fraction of sp³-hybridized carbons (Fsp3) is 0.667. The van der Waals surface area contributed by atoms with Gasteiger partial charge in [0.1, 0.15) is 5.75 Å². The predicted molar refractivity (Wildman–Crippen MR) is 87.5 cm³/mol. The molecular formula is C18H32O2. The molecule has 0 unspecified atom stereocenters. The van der Waals surface area contributed by atoms with E-state index in [4.69, 9.17) is 9.84 Å². The lowest BCUT2D eigenvalue weighted by Gasteiger charge is -2.19. The van der Waals surface area contributed by atoms with Crippen molar-refractivity contribution < 1.29 is 9.84 Å². The number of ether oxygens (including phenoxy) is 1. The van der Waals surface area contributed by atoms with E-state index in [1.165, 1.54) is 18.4 Å². The third kappa shape index (κ3) is 8.98. The zero-order valence-corrected chi connectivity index (χ0v) is 13.9. The van der Waals surface area contributed by atoms with E-state index in [1.807, 2.05) is 6.92 Å². The van der Waals surface area contributed by atoms with Gasteiger partial charge < -0.3 is 9.84 Å². The Labute approximate surface area is 125 Å². The lowest BCUT2D eigenvalue weighted by Crippen LogP contribution is -2.10. The third-order valence-corrected chi connectivity index (χ3v) is 2.96. The average molecular weight is 280 g/mol. The molecule has 0 aliphatic carbocycles. The van der Waals surface area contributed by atoms with E-state index in [1.54, 1.807) is 0 Å². The van der Waals surface area contributed by atoms with Gasteiger partial charge in [0.15, 0.2) is 0 Å². The van der Waals surface area contributed by atoms with E-state index < -0.39 is 0 Å². The monoisotopic (exact) mass is 280 g/mol. The highest BCUT2D eigenvalue weighted by Gasteiger charge is 2.12. The summed E-state index contributed by atoms with van der Waals surface area (Å²) in [7, 11) is 0. The summed E-state index contributed by atoms with van der Waals surface area (Å²) in [5.74, 6) is 0.990. The number of hydrogen-bond donors (Lipinski definition) is 1. The highest BCUT2D eigenvalue weighted by atomic mass is 16.5. The predicted octanol–water partition coefficient (Wildman–Crippen LogP) is 4.94. The molecule has 1 aromatic rings. The van der Waals surface area contributed by atoms with Crippen LogP contribution in [0.4, 0.5) is 0 Å². The second-order valence-electron chi connectivity index (χ2n) is 6.05. The van der Waals surface area contributed by atoms with Crippen LogP contribution in [0.1, 0.15) is 65.9 Å². The minimum Gasteiger partial charge on any atom is -0.494 e. The summed E-state index contributed by atoms with van der Waals surface area (Å²) in [6, 6.07) is 8.48. The molecular weight excluding hydrogens is 248 g/mol. The summed E-state index contributed by atoms with van der Waals surface area (Å²) < 4.78 is 5.68. The van der Waals surface area contributed by atoms with Crippen molar-refractivity contribution in [3.8, 4) is 5.75 Å². The summed E-state index contributed by atoms with van der Waals surface area (Å²) in [6.45, 7) is 12.0. The first kappa shape index (κ1) is 19.0. The number of unbranched alkanes of at least 4 members (excludes halogenated alkanes) is 2. The second-order valence-corrected chi connectivity index (χ2v) is 6.05. The first-order chi connectivity index (χ1) is 9.45. The van der Waals surface area contributed by atoms with Gasteiger partial charge in [-0.1, -0.05) is 59.6 Å². The van der Waals surface area contributed by atoms with Gasteiger partial charge in [0.2, 0.25) is 0 Å².